The van der Waals surface area contributed by atoms with Crippen molar-refractivity contribution in [2.45, 2.75) is 19.9 Å². The molecule has 4 heterocycles. The van der Waals surface area contributed by atoms with Crippen molar-refractivity contribution in [3.8, 4) is 0 Å². The third kappa shape index (κ3) is 3.01. The smallest absolute Gasteiger partial charge is 0.219 e. The summed E-state index contributed by atoms with van der Waals surface area (Å²) in [7, 11) is 0. The van der Waals surface area contributed by atoms with Gasteiger partial charge in [-0.2, -0.15) is 0 Å². The quantitative estimate of drug-likeness (QED) is 0.672. The third-order valence-corrected chi connectivity index (χ3v) is 6.12. The van der Waals surface area contributed by atoms with Gasteiger partial charge in [-0.15, -0.1) is 0 Å². The number of hydrogen-bond donors (Lipinski definition) is 0. The molecule has 1 aromatic carbocycles. The first-order chi connectivity index (χ1) is 14.0. The van der Waals surface area contributed by atoms with Gasteiger partial charge >= 0.3 is 0 Å². The van der Waals surface area contributed by atoms with E-state index in [1.807, 2.05) is 30.0 Å². The number of pyridine rings is 1. The number of likely N-dealkylation sites (tertiary alicyclic amines) is 1. The number of amides is 1. The van der Waals surface area contributed by atoms with Crippen molar-refractivity contribution < 1.29 is 9.18 Å². The number of aryl methyl sites for hydroxylation is 1. The SMILES string of the molecule is CC(=O)N1C[C@H]2CN(c3nc(C)nc4ncccc34)C[C@H]2[C@@H]1c1cccc(F)c1. The molecule has 2 aliphatic rings. The number of benzene rings is 1. The molecular weight excluding hydrogens is 369 g/mol. The predicted octanol–water partition coefficient (Wildman–Crippen LogP) is 3.13. The zero-order valence-corrected chi connectivity index (χ0v) is 16.4. The first-order valence-electron chi connectivity index (χ1n) is 9.88. The number of hydrogen-bond acceptors (Lipinski definition) is 5. The normalized spacial score (nSPS) is 23.6. The molecular formula is C22H22FN5O. The molecule has 148 valence electrons. The maximum Gasteiger partial charge on any atom is 0.219 e. The van der Waals surface area contributed by atoms with Crippen LogP contribution in [0.15, 0.2) is 42.6 Å². The minimum Gasteiger partial charge on any atom is -0.355 e. The van der Waals surface area contributed by atoms with Gasteiger partial charge in [0, 0.05) is 44.6 Å². The Labute approximate surface area is 168 Å². The second kappa shape index (κ2) is 6.76. The molecule has 3 aromatic rings. The molecule has 2 aliphatic heterocycles. The number of anilines is 1. The van der Waals surface area contributed by atoms with E-state index < -0.39 is 0 Å². The van der Waals surface area contributed by atoms with Gasteiger partial charge in [0.25, 0.3) is 0 Å². The molecule has 2 aromatic heterocycles. The average Bonchev–Trinajstić information content (AvgIpc) is 3.25. The Morgan fingerprint density at radius 1 is 1.14 bits per heavy atom. The number of halogens is 1. The maximum absolute atomic E-state index is 13.9. The topological polar surface area (TPSA) is 62.2 Å². The summed E-state index contributed by atoms with van der Waals surface area (Å²) in [6.45, 7) is 5.72. The van der Waals surface area contributed by atoms with Gasteiger partial charge in [-0.25, -0.2) is 19.3 Å². The fourth-order valence-corrected chi connectivity index (χ4v) is 4.95. The number of carbonyl (C=O) groups excluding carboxylic acids is 1. The van der Waals surface area contributed by atoms with Gasteiger partial charge in [0.15, 0.2) is 5.65 Å². The van der Waals surface area contributed by atoms with E-state index in [0.29, 0.717) is 23.9 Å². The summed E-state index contributed by atoms with van der Waals surface area (Å²) in [5.41, 5.74) is 1.55. The van der Waals surface area contributed by atoms with Gasteiger partial charge in [-0.05, 0) is 36.8 Å². The molecule has 2 fully saturated rings. The highest BCUT2D eigenvalue weighted by Gasteiger charge is 2.49. The van der Waals surface area contributed by atoms with Crippen molar-refractivity contribution in [1.82, 2.24) is 19.9 Å². The van der Waals surface area contributed by atoms with Crippen molar-refractivity contribution in [2.24, 2.45) is 11.8 Å². The van der Waals surface area contributed by atoms with Crippen molar-refractivity contribution in [2.75, 3.05) is 24.5 Å². The molecule has 0 aliphatic carbocycles. The number of fused-ring (bicyclic) bond motifs is 2. The first kappa shape index (κ1) is 18.0. The number of nitrogens with zero attached hydrogens (tertiary/aromatic N) is 5. The Balaban J connectivity index is 1.52. The van der Waals surface area contributed by atoms with Crippen molar-refractivity contribution >= 4 is 22.8 Å². The largest absolute Gasteiger partial charge is 0.355 e. The van der Waals surface area contributed by atoms with Crippen LogP contribution in [0.5, 0.6) is 0 Å². The molecule has 29 heavy (non-hydrogen) atoms. The Morgan fingerprint density at radius 3 is 2.79 bits per heavy atom. The van der Waals surface area contributed by atoms with Gasteiger partial charge < -0.3 is 9.80 Å². The standard InChI is InChI=1S/C22H22FN5O/c1-13-25-21-18(7-4-8-24-21)22(26-13)27-10-16-11-28(14(2)29)20(19(16)12-27)15-5-3-6-17(23)9-15/h3-9,16,19-20H,10-12H2,1-2H3/t16-,19-,20+/m1/s1. The average molecular weight is 391 g/mol. The second-order valence-corrected chi connectivity index (χ2v) is 7.97. The van der Waals surface area contributed by atoms with Crippen LogP contribution < -0.4 is 4.90 Å². The molecule has 6 nitrogen and oxygen atoms in total. The monoisotopic (exact) mass is 391 g/mol. The van der Waals surface area contributed by atoms with E-state index in [1.54, 1.807) is 25.3 Å². The molecule has 0 saturated carbocycles. The van der Waals surface area contributed by atoms with Crippen LogP contribution in [0.3, 0.4) is 0 Å². The molecule has 7 heteroatoms. The third-order valence-electron chi connectivity index (χ3n) is 6.12. The molecule has 0 unspecified atom stereocenters. The van der Waals surface area contributed by atoms with E-state index in [2.05, 4.69) is 14.9 Å². The van der Waals surface area contributed by atoms with Crippen molar-refractivity contribution in [3.63, 3.8) is 0 Å². The van der Waals surface area contributed by atoms with E-state index in [-0.39, 0.29) is 23.7 Å². The molecule has 0 spiro atoms. The van der Waals surface area contributed by atoms with E-state index >= 15 is 0 Å². The van der Waals surface area contributed by atoms with Crippen molar-refractivity contribution in [1.29, 1.82) is 0 Å². The lowest BCUT2D eigenvalue weighted by atomic mass is 9.89. The Hall–Kier alpha value is -3.09. The van der Waals surface area contributed by atoms with Crippen LogP contribution in [0.2, 0.25) is 0 Å². The predicted molar refractivity (Wildman–Crippen MR) is 108 cm³/mol. The molecule has 0 N–H and O–H groups in total. The summed E-state index contributed by atoms with van der Waals surface area (Å²) in [6, 6.07) is 10.4. The second-order valence-electron chi connectivity index (χ2n) is 7.97. The molecule has 0 radical (unpaired) electrons. The number of carbonyl (C=O) groups is 1. The summed E-state index contributed by atoms with van der Waals surface area (Å²) in [5.74, 6) is 1.88. The highest BCUT2D eigenvalue weighted by molar-refractivity contribution is 5.87. The number of rotatable bonds is 2. The Bertz CT molecular complexity index is 1100. The Kier molecular flexibility index (Phi) is 4.19. The zero-order chi connectivity index (χ0) is 20.1. The highest BCUT2D eigenvalue weighted by atomic mass is 19.1. The van der Waals surface area contributed by atoms with Gasteiger partial charge in [0.1, 0.15) is 17.5 Å². The summed E-state index contributed by atoms with van der Waals surface area (Å²) >= 11 is 0. The summed E-state index contributed by atoms with van der Waals surface area (Å²) < 4.78 is 13.9. The zero-order valence-electron chi connectivity index (χ0n) is 16.4. The molecule has 5 rings (SSSR count). The minimum atomic E-state index is -0.271. The van der Waals surface area contributed by atoms with Gasteiger partial charge in [-0.3, -0.25) is 4.79 Å². The summed E-state index contributed by atoms with van der Waals surface area (Å²) in [6.07, 6.45) is 1.74. The summed E-state index contributed by atoms with van der Waals surface area (Å²) in [5, 5.41) is 0.934. The lowest BCUT2D eigenvalue weighted by Crippen LogP contribution is -2.34. The van der Waals surface area contributed by atoms with Crippen LogP contribution in [0.25, 0.3) is 11.0 Å². The fraction of sp³-hybridized carbons (Fsp3) is 0.364. The molecule has 1 amide bonds. The van der Waals surface area contributed by atoms with Crippen LogP contribution in [-0.2, 0) is 4.79 Å². The van der Waals surface area contributed by atoms with E-state index in [0.717, 1.165) is 29.9 Å². The van der Waals surface area contributed by atoms with Crippen molar-refractivity contribution in [3.05, 3.63) is 59.8 Å². The van der Waals surface area contributed by atoms with E-state index in [1.165, 1.54) is 6.07 Å². The highest BCUT2D eigenvalue weighted by Crippen LogP contribution is 2.46. The van der Waals surface area contributed by atoms with Gasteiger partial charge in [-0.1, -0.05) is 12.1 Å². The van der Waals surface area contributed by atoms with Gasteiger partial charge in [0.05, 0.1) is 11.4 Å². The Morgan fingerprint density at radius 2 is 2.00 bits per heavy atom. The van der Waals surface area contributed by atoms with Crippen LogP contribution in [-0.4, -0.2) is 45.4 Å². The van der Waals surface area contributed by atoms with E-state index in [4.69, 9.17) is 4.98 Å². The van der Waals surface area contributed by atoms with E-state index in [9.17, 15) is 9.18 Å². The van der Waals surface area contributed by atoms with Gasteiger partial charge in [0.2, 0.25) is 5.91 Å². The minimum absolute atomic E-state index is 0.0349. The molecule has 3 atom stereocenters. The first-order valence-corrected chi connectivity index (χ1v) is 9.88. The summed E-state index contributed by atoms with van der Waals surface area (Å²) in [4.78, 5) is 30.0. The van der Waals surface area contributed by atoms with Crippen LogP contribution in [0.4, 0.5) is 10.2 Å². The number of aromatic nitrogens is 3. The van der Waals surface area contributed by atoms with Crippen LogP contribution in [0, 0.1) is 24.6 Å². The molecule has 0 bridgehead atoms. The van der Waals surface area contributed by atoms with Crippen LogP contribution in [0.1, 0.15) is 24.4 Å². The molecule has 2 saturated heterocycles. The van der Waals surface area contributed by atoms with Crippen LogP contribution >= 0.6 is 0 Å². The fourth-order valence-electron chi connectivity index (χ4n) is 4.95. The maximum atomic E-state index is 13.9. The lowest BCUT2D eigenvalue weighted by Gasteiger charge is -2.29. The lowest BCUT2D eigenvalue weighted by molar-refractivity contribution is -0.130.